The molecule has 1 aromatic carbocycles. The Bertz CT molecular complexity index is 775. The van der Waals surface area contributed by atoms with Gasteiger partial charge in [-0.2, -0.15) is 0 Å². The van der Waals surface area contributed by atoms with E-state index in [1.54, 1.807) is 13.2 Å². The Balaban J connectivity index is 1.66. The lowest BCUT2D eigenvalue weighted by Crippen LogP contribution is -2.49. The second-order valence-corrected chi connectivity index (χ2v) is 7.28. The summed E-state index contributed by atoms with van der Waals surface area (Å²) in [4.78, 5) is 11.4. The van der Waals surface area contributed by atoms with Gasteiger partial charge in [0, 0.05) is 38.6 Å². The molecule has 0 radical (unpaired) electrons. The zero-order valence-corrected chi connectivity index (χ0v) is 17.0. The minimum atomic E-state index is 0.163. The predicted octanol–water partition coefficient (Wildman–Crippen LogP) is 2.69. The number of guanidine groups is 1. The SMILES string of the molecule is CCNC(=NCCc1ccc(O)c(OC)c1)N1CCC(C)C(n2ccnc2)C1. The van der Waals surface area contributed by atoms with Crippen LogP contribution in [0.5, 0.6) is 11.5 Å². The van der Waals surface area contributed by atoms with Crippen LogP contribution in [0.25, 0.3) is 0 Å². The maximum Gasteiger partial charge on any atom is 0.193 e. The molecule has 0 saturated carbocycles. The predicted molar refractivity (Wildman–Crippen MR) is 111 cm³/mol. The zero-order chi connectivity index (χ0) is 19.9. The second-order valence-electron chi connectivity index (χ2n) is 7.28. The number of likely N-dealkylation sites (tertiary alicyclic amines) is 1. The highest BCUT2D eigenvalue weighted by atomic mass is 16.5. The van der Waals surface area contributed by atoms with Gasteiger partial charge in [-0.1, -0.05) is 13.0 Å². The number of aromatic hydroxyl groups is 1. The lowest BCUT2D eigenvalue weighted by Gasteiger charge is -2.39. The molecule has 0 bridgehead atoms. The van der Waals surface area contributed by atoms with Crippen molar-refractivity contribution >= 4 is 5.96 Å². The Kier molecular flexibility index (Phi) is 6.79. The van der Waals surface area contributed by atoms with Crippen LogP contribution < -0.4 is 10.1 Å². The number of imidazole rings is 1. The standard InChI is InChI=1S/C21H31N5O2/c1-4-23-21(24-9-7-17-5-6-19(27)20(13-17)28-3)25-11-8-16(2)18(14-25)26-12-10-22-15-26/h5-6,10,12-13,15-16,18,27H,4,7-9,11,14H2,1-3H3,(H,23,24). The highest BCUT2D eigenvalue weighted by Crippen LogP contribution is 2.28. The molecule has 1 fully saturated rings. The summed E-state index contributed by atoms with van der Waals surface area (Å²) in [5.41, 5.74) is 1.10. The van der Waals surface area contributed by atoms with E-state index in [1.807, 2.05) is 30.9 Å². The minimum Gasteiger partial charge on any atom is -0.504 e. The van der Waals surface area contributed by atoms with Crippen molar-refractivity contribution in [1.29, 1.82) is 0 Å². The molecule has 1 aliphatic rings. The smallest absolute Gasteiger partial charge is 0.193 e. The lowest BCUT2D eigenvalue weighted by molar-refractivity contribution is 0.189. The first-order valence-corrected chi connectivity index (χ1v) is 9.99. The summed E-state index contributed by atoms with van der Waals surface area (Å²) in [5.74, 6) is 2.24. The molecule has 0 amide bonds. The van der Waals surface area contributed by atoms with E-state index in [2.05, 4.69) is 33.6 Å². The van der Waals surface area contributed by atoms with Gasteiger partial charge in [0.05, 0.1) is 19.5 Å². The normalized spacial score (nSPS) is 20.2. The maximum atomic E-state index is 9.74. The number of nitrogens with zero attached hydrogens (tertiary/aromatic N) is 4. The fourth-order valence-corrected chi connectivity index (χ4v) is 3.69. The van der Waals surface area contributed by atoms with Crippen LogP contribution in [-0.2, 0) is 6.42 Å². The molecule has 7 nitrogen and oxygen atoms in total. The molecule has 28 heavy (non-hydrogen) atoms. The van der Waals surface area contributed by atoms with Crippen LogP contribution in [0.4, 0.5) is 0 Å². The van der Waals surface area contributed by atoms with Crippen LogP contribution in [0.3, 0.4) is 0 Å². The molecule has 2 heterocycles. The van der Waals surface area contributed by atoms with E-state index in [9.17, 15) is 5.11 Å². The number of piperidine rings is 1. The van der Waals surface area contributed by atoms with Crippen molar-refractivity contribution in [1.82, 2.24) is 19.8 Å². The summed E-state index contributed by atoms with van der Waals surface area (Å²) in [6.07, 6.45) is 7.72. The molecule has 3 rings (SSSR count). The number of aromatic nitrogens is 2. The number of hydrogen-bond donors (Lipinski definition) is 2. The Morgan fingerprint density at radius 2 is 2.29 bits per heavy atom. The van der Waals surface area contributed by atoms with E-state index in [4.69, 9.17) is 9.73 Å². The van der Waals surface area contributed by atoms with Gasteiger partial charge in [0.2, 0.25) is 0 Å². The Morgan fingerprint density at radius 3 is 3.00 bits per heavy atom. The highest BCUT2D eigenvalue weighted by molar-refractivity contribution is 5.80. The number of hydrogen-bond acceptors (Lipinski definition) is 4. The molecule has 2 atom stereocenters. The molecule has 1 saturated heterocycles. The fraction of sp³-hybridized carbons (Fsp3) is 0.524. The summed E-state index contributed by atoms with van der Waals surface area (Å²) in [7, 11) is 1.56. The number of rotatable bonds is 6. The van der Waals surface area contributed by atoms with Crippen LogP contribution in [0.15, 0.2) is 41.9 Å². The van der Waals surface area contributed by atoms with E-state index in [1.165, 1.54) is 0 Å². The number of phenolic OH excluding ortho intramolecular Hbond substituents is 1. The molecular weight excluding hydrogens is 354 g/mol. The van der Waals surface area contributed by atoms with Gasteiger partial charge in [0.15, 0.2) is 17.5 Å². The van der Waals surface area contributed by atoms with Gasteiger partial charge in [0.1, 0.15) is 0 Å². The third-order valence-corrected chi connectivity index (χ3v) is 5.37. The molecule has 0 spiro atoms. The molecule has 2 N–H and O–H groups in total. The average molecular weight is 386 g/mol. The number of nitrogens with one attached hydrogen (secondary N) is 1. The van der Waals surface area contributed by atoms with Crippen molar-refractivity contribution in [3.8, 4) is 11.5 Å². The van der Waals surface area contributed by atoms with Gasteiger partial charge in [0.25, 0.3) is 0 Å². The molecule has 2 unspecified atom stereocenters. The molecule has 2 aromatic rings. The first kappa shape index (κ1) is 20.0. The topological polar surface area (TPSA) is 74.9 Å². The summed E-state index contributed by atoms with van der Waals surface area (Å²) >= 11 is 0. The van der Waals surface area contributed by atoms with E-state index >= 15 is 0 Å². The lowest BCUT2D eigenvalue weighted by atomic mass is 9.93. The Morgan fingerprint density at radius 1 is 1.43 bits per heavy atom. The van der Waals surface area contributed by atoms with Crippen molar-refractivity contribution < 1.29 is 9.84 Å². The number of aliphatic imine (C=N–C) groups is 1. The number of methoxy groups -OCH3 is 1. The average Bonchev–Trinajstić information content (AvgIpc) is 3.23. The summed E-state index contributed by atoms with van der Waals surface area (Å²) in [5, 5.41) is 13.2. The van der Waals surface area contributed by atoms with Gasteiger partial charge in [-0.3, -0.25) is 4.99 Å². The van der Waals surface area contributed by atoms with Gasteiger partial charge in [-0.05, 0) is 43.4 Å². The highest BCUT2D eigenvalue weighted by Gasteiger charge is 2.28. The summed E-state index contributed by atoms with van der Waals surface area (Å²) < 4.78 is 7.40. The van der Waals surface area contributed by atoms with Gasteiger partial charge < -0.3 is 24.6 Å². The van der Waals surface area contributed by atoms with Gasteiger partial charge >= 0.3 is 0 Å². The zero-order valence-electron chi connectivity index (χ0n) is 17.0. The molecule has 1 aliphatic heterocycles. The minimum absolute atomic E-state index is 0.163. The molecular formula is C21H31N5O2. The number of ether oxygens (including phenoxy) is 1. The maximum absolute atomic E-state index is 9.74. The van der Waals surface area contributed by atoms with Crippen molar-refractivity contribution in [3.05, 3.63) is 42.5 Å². The molecule has 1 aromatic heterocycles. The second kappa shape index (κ2) is 9.48. The van der Waals surface area contributed by atoms with Crippen LogP contribution in [0.1, 0.15) is 31.9 Å². The Labute approximate surface area is 167 Å². The molecule has 152 valence electrons. The van der Waals surface area contributed by atoms with E-state index in [0.717, 1.165) is 44.0 Å². The van der Waals surface area contributed by atoms with Crippen LogP contribution in [0.2, 0.25) is 0 Å². The molecule has 0 aliphatic carbocycles. The van der Waals surface area contributed by atoms with E-state index < -0.39 is 0 Å². The van der Waals surface area contributed by atoms with E-state index in [0.29, 0.717) is 24.3 Å². The summed E-state index contributed by atoms with van der Waals surface area (Å²) in [6, 6.07) is 5.86. The first-order valence-electron chi connectivity index (χ1n) is 9.99. The van der Waals surface area contributed by atoms with Crippen molar-refractivity contribution in [2.45, 2.75) is 32.7 Å². The van der Waals surface area contributed by atoms with Gasteiger partial charge in [-0.25, -0.2) is 4.98 Å². The van der Waals surface area contributed by atoms with Crippen LogP contribution >= 0.6 is 0 Å². The quantitative estimate of drug-likeness (QED) is 0.591. The van der Waals surface area contributed by atoms with Crippen LogP contribution in [0, 0.1) is 5.92 Å². The largest absolute Gasteiger partial charge is 0.504 e. The Hall–Kier alpha value is -2.70. The third kappa shape index (κ3) is 4.77. The van der Waals surface area contributed by atoms with Crippen LogP contribution in [-0.4, -0.2) is 58.8 Å². The third-order valence-electron chi connectivity index (χ3n) is 5.37. The monoisotopic (exact) mass is 385 g/mol. The summed E-state index contributed by atoms with van der Waals surface area (Å²) in [6.45, 7) is 7.86. The molecule has 7 heteroatoms. The fourth-order valence-electron chi connectivity index (χ4n) is 3.69. The number of benzene rings is 1. The van der Waals surface area contributed by atoms with Gasteiger partial charge in [-0.15, -0.1) is 0 Å². The van der Waals surface area contributed by atoms with Crippen molar-refractivity contribution in [3.63, 3.8) is 0 Å². The van der Waals surface area contributed by atoms with E-state index in [-0.39, 0.29) is 5.75 Å². The van der Waals surface area contributed by atoms with Crippen molar-refractivity contribution in [2.75, 3.05) is 33.3 Å². The van der Waals surface area contributed by atoms with Crippen molar-refractivity contribution in [2.24, 2.45) is 10.9 Å². The first-order chi connectivity index (χ1) is 13.6. The number of phenols is 1.